The molecule has 2 aromatic rings. The van der Waals surface area contributed by atoms with Gasteiger partial charge in [-0.3, -0.25) is 4.79 Å². The van der Waals surface area contributed by atoms with Gasteiger partial charge in [0, 0.05) is 17.1 Å². The molecule has 0 radical (unpaired) electrons. The first-order valence-electron chi connectivity index (χ1n) is 8.83. The van der Waals surface area contributed by atoms with Crippen molar-refractivity contribution in [2.75, 3.05) is 6.54 Å². The second-order valence-electron chi connectivity index (χ2n) is 7.04. The summed E-state index contributed by atoms with van der Waals surface area (Å²) in [6.45, 7) is 7.23. The lowest BCUT2D eigenvalue weighted by Crippen LogP contribution is -2.46. The van der Waals surface area contributed by atoms with E-state index in [2.05, 4.69) is 36.5 Å². The predicted octanol–water partition coefficient (Wildman–Crippen LogP) is 3.94. The molecule has 1 saturated heterocycles. The van der Waals surface area contributed by atoms with Crippen molar-refractivity contribution in [2.24, 2.45) is 0 Å². The molecule has 5 nitrogen and oxygen atoms in total. The van der Waals surface area contributed by atoms with Crippen LogP contribution in [-0.4, -0.2) is 34.3 Å². The van der Waals surface area contributed by atoms with Gasteiger partial charge in [0.1, 0.15) is 0 Å². The fraction of sp³-hybridized carbons (Fsp3) is 0.474. The van der Waals surface area contributed by atoms with E-state index in [1.54, 1.807) is 6.20 Å². The third-order valence-electron chi connectivity index (χ3n) is 4.61. The molecule has 1 aliphatic heterocycles. The van der Waals surface area contributed by atoms with E-state index >= 15 is 0 Å². The number of carbonyl (C=O) groups is 1. The Balaban J connectivity index is 0.00000243. The topological polar surface area (TPSA) is 59.0 Å². The Bertz CT molecular complexity index is 760. The Morgan fingerprint density at radius 1 is 1.42 bits per heavy atom. The lowest BCUT2D eigenvalue weighted by atomic mass is 9.99. The summed E-state index contributed by atoms with van der Waals surface area (Å²) in [4.78, 5) is 12.8. The SMILES string of the molecule is CC1CC(NC(=O)c2cnn(-c3cccc(Cl)c3)c2C(C)C)CCN1.Cl. The van der Waals surface area contributed by atoms with Crippen molar-refractivity contribution in [2.45, 2.75) is 51.6 Å². The molecule has 1 aliphatic rings. The molecule has 3 rings (SSSR count). The van der Waals surface area contributed by atoms with Crippen molar-refractivity contribution in [3.05, 3.63) is 46.7 Å². The zero-order valence-corrected chi connectivity index (χ0v) is 16.9. The fourth-order valence-corrected chi connectivity index (χ4v) is 3.61. The van der Waals surface area contributed by atoms with Crippen LogP contribution < -0.4 is 10.6 Å². The molecule has 2 unspecified atom stereocenters. The minimum Gasteiger partial charge on any atom is -0.349 e. The number of nitrogens with one attached hydrogen (secondary N) is 2. The molecule has 1 aromatic carbocycles. The van der Waals surface area contributed by atoms with Crippen molar-refractivity contribution < 1.29 is 4.79 Å². The molecular weight excluding hydrogens is 371 g/mol. The van der Waals surface area contributed by atoms with Crippen LogP contribution in [0.1, 0.15) is 55.6 Å². The van der Waals surface area contributed by atoms with Gasteiger partial charge < -0.3 is 10.6 Å². The second-order valence-corrected chi connectivity index (χ2v) is 7.48. The molecule has 2 N–H and O–H groups in total. The first-order chi connectivity index (χ1) is 12.0. The van der Waals surface area contributed by atoms with Crippen LogP contribution in [0, 0.1) is 0 Å². The van der Waals surface area contributed by atoms with Gasteiger partial charge in [-0.15, -0.1) is 12.4 Å². The Labute approximate surface area is 165 Å². The minimum absolute atomic E-state index is 0. The van der Waals surface area contributed by atoms with E-state index in [1.165, 1.54) is 0 Å². The number of benzene rings is 1. The van der Waals surface area contributed by atoms with Crippen molar-refractivity contribution in [3.63, 3.8) is 0 Å². The summed E-state index contributed by atoms with van der Waals surface area (Å²) in [6.07, 6.45) is 3.57. The largest absolute Gasteiger partial charge is 0.349 e. The van der Waals surface area contributed by atoms with E-state index in [-0.39, 0.29) is 30.3 Å². The van der Waals surface area contributed by atoms with Gasteiger partial charge in [-0.05, 0) is 50.4 Å². The number of piperidine rings is 1. The van der Waals surface area contributed by atoms with E-state index in [1.807, 2.05) is 28.9 Å². The van der Waals surface area contributed by atoms with Gasteiger partial charge in [-0.25, -0.2) is 4.68 Å². The van der Waals surface area contributed by atoms with Gasteiger partial charge >= 0.3 is 0 Å². The Morgan fingerprint density at radius 2 is 2.19 bits per heavy atom. The van der Waals surface area contributed by atoms with Crippen LogP contribution in [-0.2, 0) is 0 Å². The van der Waals surface area contributed by atoms with Crippen molar-refractivity contribution >= 4 is 29.9 Å². The average Bonchev–Trinajstić information content (AvgIpc) is 3.00. The molecule has 142 valence electrons. The van der Waals surface area contributed by atoms with Crippen LogP contribution in [0.5, 0.6) is 0 Å². The number of amides is 1. The molecule has 1 aromatic heterocycles. The molecule has 0 spiro atoms. The van der Waals surface area contributed by atoms with Gasteiger partial charge in [0.25, 0.3) is 5.91 Å². The third-order valence-corrected chi connectivity index (χ3v) is 4.84. The summed E-state index contributed by atoms with van der Waals surface area (Å²) < 4.78 is 1.82. The second kappa shape index (κ2) is 8.89. The molecule has 2 atom stereocenters. The van der Waals surface area contributed by atoms with Crippen LogP contribution in [0.3, 0.4) is 0 Å². The number of carbonyl (C=O) groups excluding carboxylic acids is 1. The van der Waals surface area contributed by atoms with Crippen LogP contribution in [0.2, 0.25) is 5.02 Å². The normalized spacial score (nSPS) is 19.9. The van der Waals surface area contributed by atoms with E-state index in [0.717, 1.165) is 30.8 Å². The molecule has 26 heavy (non-hydrogen) atoms. The first-order valence-corrected chi connectivity index (χ1v) is 9.21. The number of halogens is 2. The summed E-state index contributed by atoms with van der Waals surface area (Å²) in [7, 11) is 0. The predicted molar refractivity (Wildman–Crippen MR) is 108 cm³/mol. The fourth-order valence-electron chi connectivity index (χ4n) is 3.43. The molecule has 0 bridgehead atoms. The number of aromatic nitrogens is 2. The van der Waals surface area contributed by atoms with Crippen LogP contribution >= 0.6 is 24.0 Å². The Hall–Kier alpha value is -1.56. The molecule has 0 aliphatic carbocycles. The van der Waals surface area contributed by atoms with Gasteiger partial charge in [-0.2, -0.15) is 5.10 Å². The Morgan fingerprint density at radius 3 is 2.85 bits per heavy atom. The highest BCUT2D eigenvalue weighted by Crippen LogP contribution is 2.25. The van der Waals surface area contributed by atoms with E-state index in [0.29, 0.717) is 16.6 Å². The zero-order chi connectivity index (χ0) is 18.0. The van der Waals surface area contributed by atoms with Gasteiger partial charge in [-0.1, -0.05) is 31.5 Å². The number of nitrogens with zero attached hydrogens (tertiary/aromatic N) is 2. The first kappa shape index (κ1) is 20.7. The van der Waals surface area contributed by atoms with Crippen LogP contribution in [0.15, 0.2) is 30.5 Å². The lowest BCUT2D eigenvalue weighted by molar-refractivity contribution is 0.0924. The maximum absolute atomic E-state index is 12.8. The zero-order valence-electron chi connectivity index (χ0n) is 15.3. The highest BCUT2D eigenvalue weighted by Gasteiger charge is 2.25. The van der Waals surface area contributed by atoms with E-state index in [9.17, 15) is 4.79 Å². The Kier molecular flexibility index (Phi) is 7.09. The van der Waals surface area contributed by atoms with Gasteiger partial charge in [0.05, 0.1) is 23.1 Å². The van der Waals surface area contributed by atoms with Crippen molar-refractivity contribution in [1.82, 2.24) is 20.4 Å². The maximum Gasteiger partial charge on any atom is 0.255 e. The number of hydrogen-bond donors (Lipinski definition) is 2. The quantitative estimate of drug-likeness (QED) is 0.822. The molecular formula is C19H26Cl2N4O. The number of rotatable bonds is 4. The van der Waals surface area contributed by atoms with Crippen molar-refractivity contribution in [1.29, 1.82) is 0 Å². The maximum atomic E-state index is 12.8. The lowest BCUT2D eigenvalue weighted by Gasteiger charge is -2.28. The summed E-state index contributed by atoms with van der Waals surface area (Å²) in [5.74, 6) is 0.116. The monoisotopic (exact) mass is 396 g/mol. The van der Waals surface area contributed by atoms with Crippen LogP contribution in [0.4, 0.5) is 0 Å². The molecule has 7 heteroatoms. The molecule has 0 saturated carbocycles. The average molecular weight is 397 g/mol. The summed E-state index contributed by atoms with van der Waals surface area (Å²) in [5.41, 5.74) is 2.41. The smallest absolute Gasteiger partial charge is 0.255 e. The highest BCUT2D eigenvalue weighted by atomic mass is 35.5. The van der Waals surface area contributed by atoms with E-state index < -0.39 is 0 Å². The molecule has 2 heterocycles. The van der Waals surface area contributed by atoms with Crippen molar-refractivity contribution in [3.8, 4) is 5.69 Å². The van der Waals surface area contributed by atoms with Crippen LogP contribution in [0.25, 0.3) is 5.69 Å². The summed E-state index contributed by atoms with van der Waals surface area (Å²) >= 11 is 6.11. The molecule has 1 fully saturated rings. The summed E-state index contributed by atoms with van der Waals surface area (Å²) in [6, 6.07) is 8.16. The molecule has 1 amide bonds. The standard InChI is InChI=1S/C19H25ClN4O.ClH/c1-12(2)18-17(19(25)23-15-7-8-21-13(3)9-15)11-22-24(18)16-6-4-5-14(20)10-16;/h4-6,10-13,15,21H,7-9H2,1-3H3,(H,23,25);1H. The third kappa shape index (κ3) is 4.58. The summed E-state index contributed by atoms with van der Waals surface area (Å²) in [5, 5.41) is 11.7. The van der Waals surface area contributed by atoms with Gasteiger partial charge in [0.15, 0.2) is 0 Å². The highest BCUT2D eigenvalue weighted by molar-refractivity contribution is 6.30. The van der Waals surface area contributed by atoms with Gasteiger partial charge in [0.2, 0.25) is 0 Å². The van der Waals surface area contributed by atoms with E-state index in [4.69, 9.17) is 11.6 Å². The number of hydrogen-bond acceptors (Lipinski definition) is 3. The minimum atomic E-state index is -0.0453.